The molecular formula is C26H26N2O2S. The molecule has 2 amide bonds. The number of amides is 2. The highest BCUT2D eigenvalue weighted by Crippen LogP contribution is 2.37. The van der Waals surface area contributed by atoms with Crippen molar-refractivity contribution in [3.05, 3.63) is 93.8 Å². The Morgan fingerprint density at radius 3 is 2.19 bits per heavy atom. The van der Waals surface area contributed by atoms with E-state index in [2.05, 4.69) is 13.8 Å². The molecule has 0 saturated carbocycles. The van der Waals surface area contributed by atoms with Crippen molar-refractivity contribution in [2.24, 2.45) is 0 Å². The molecule has 0 fully saturated rings. The van der Waals surface area contributed by atoms with Crippen molar-refractivity contribution in [2.45, 2.75) is 33.2 Å². The minimum absolute atomic E-state index is 0.258. The summed E-state index contributed by atoms with van der Waals surface area (Å²) in [6.45, 7) is 7.45. The topological polar surface area (TPSA) is 40.6 Å². The molecule has 0 N–H and O–H groups in total. The summed E-state index contributed by atoms with van der Waals surface area (Å²) < 4.78 is 0. The van der Waals surface area contributed by atoms with Crippen molar-refractivity contribution in [2.75, 3.05) is 11.4 Å². The van der Waals surface area contributed by atoms with Gasteiger partial charge in [-0.05, 0) is 47.5 Å². The van der Waals surface area contributed by atoms with E-state index in [1.54, 1.807) is 0 Å². The number of rotatable bonds is 7. The van der Waals surface area contributed by atoms with E-state index < -0.39 is 0 Å². The molecule has 0 radical (unpaired) electrons. The Hall–Kier alpha value is -3.18. The number of hydrogen-bond donors (Lipinski definition) is 0. The monoisotopic (exact) mass is 430 g/mol. The van der Waals surface area contributed by atoms with Gasteiger partial charge in [-0.3, -0.25) is 9.59 Å². The van der Waals surface area contributed by atoms with Crippen LogP contribution in [-0.4, -0.2) is 23.3 Å². The van der Waals surface area contributed by atoms with Gasteiger partial charge in [0, 0.05) is 18.0 Å². The Morgan fingerprint density at radius 1 is 0.903 bits per heavy atom. The Morgan fingerprint density at radius 2 is 1.61 bits per heavy atom. The zero-order chi connectivity index (χ0) is 22.0. The zero-order valence-corrected chi connectivity index (χ0v) is 18.9. The minimum atomic E-state index is -0.261. The third-order valence-electron chi connectivity index (χ3n) is 5.56. The van der Waals surface area contributed by atoms with Crippen LogP contribution in [0, 0.1) is 0 Å². The molecule has 2 heterocycles. The lowest BCUT2D eigenvalue weighted by Gasteiger charge is -2.25. The van der Waals surface area contributed by atoms with Crippen LogP contribution in [0.3, 0.4) is 0 Å². The predicted molar refractivity (Wildman–Crippen MR) is 127 cm³/mol. The first-order chi connectivity index (χ1) is 15.0. The lowest BCUT2D eigenvalue weighted by molar-refractivity contribution is -0.120. The summed E-state index contributed by atoms with van der Waals surface area (Å²) in [5, 5.41) is 1.94. The van der Waals surface area contributed by atoms with Gasteiger partial charge < -0.3 is 4.90 Å². The Balaban J connectivity index is 1.76. The van der Waals surface area contributed by atoms with Gasteiger partial charge in [0.15, 0.2) is 0 Å². The van der Waals surface area contributed by atoms with Crippen LogP contribution in [0.2, 0.25) is 0 Å². The van der Waals surface area contributed by atoms with Gasteiger partial charge in [0.25, 0.3) is 11.8 Å². The third kappa shape index (κ3) is 4.06. The van der Waals surface area contributed by atoms with E-state index in [1.165, 1.54) is 21.8 Å². The largest absolute Gasteiger partial charge is 0.362 e. The summed E-state index contributed by atoms with van der Waals surface area (Å²) in [7, 11) is 0. The average Bonchev–Trinajstić information content (AvgIpc) is 3.39. The highest BCUT2D eigenvalue weighted by atomic mass is 32.1. The first-order valence-electron chi connectivity index (χ1n) is 10.6. The smallest absolute Gasteiger partial charge is 0.282 e. The molecule has 4 nitrogen and oxygen atoms in total. The number of anilines is 1. The summed E-state index contributed by atoms with van der Waals surface area (Å²) >= 11 is 1.48. The first-order valence-corrected chi connectivity index (χ1v) is 11.4. The summed E-state index contributed by atoms with van der Waals surface area (Å²) in [4.78, 5) is 31.3. The van der Waals surface area contributed by atoms with Crippen LogP contribution in [0.1, 0.15) is 42.7 Å². The quantitative estimate of drug-likeness (QED) is 0.453. The van der Waals surface area contributed by atoms with Crippen molar-refractivity contribution < 1.29 is 9.59 Å². The molecule has 0 bridgehead atoms. The third-order valence-corrected chi connectivity index (χ3v) is 6.45. The number of hydrogen-bond acceptors (Lipinski definition) is 4. The van der Waals surface area contributed by atoms with E-state index in [0.717, 1.165) is 10.4 Å². The molecule has 4 rings (SSSR count). The standard InChI is InChI=1S/C26H26N2O2S/c1-4-27(17-19-9-6-5-7-10-19)24-23(22-11-8-16-31-22)25(29)28(26(24)30)21-14-12-20(13-15-21)18(2)3/h5-16,18H,4,17H2,1-3H3. The van der Waals surface area contributed by atoms with Crippen LogP contribution in [0.5, 0.6) is 0 Å². The lowest BCUT2D eigenvalue weighted by atomic mass is 10.0. The Kier molecular flexibility index (Phi) is 6.05. The number of benzene rings is 2. The molecule has 5 heteroatoms. The van der Waals surface area contributed by atoms with Gasteiger partial charge >= 0.3 is 0 Å². The van der Waals surface area contributed by atoms with Crippen LogP contribution in [0.4, 0.5) is 5.69 Å². The maximum absolute atomic E-state index is 13.6. The van der Waals surface area contributed by atoms with Crippen LogP contribution in [-0.2, 0) is 16.1 Å². The fourth-order valence-electron chi connectivity index (χ4n) is 3.85. The van der Waals surface area contributed by atoms with E-state index in [9.17, 15) is 9.59 Å². The molecule has 0 aliphatic carbocycles. The molecule has 1 aromatic heterocycles. The van der Waals surface area contributed by atoms with E-state index >= 15 is 0 Å². The van der Waals surface area contributed by atoms with Crippen molar-refractivity contribution in [1.82, 2.24) is 4.90 Å². The van der Waals surface area contributed by atoms with Crippen molar-refractivity contribution in [3.63, 3.8) is 0 Å². The molecule has 2 aromatic carbocycles. The molecule has 0 spiro atoms. The van der Waals surface area contributed by atoms with E-state index in [1.807, 2.05) is 83.9 Å². The maximum atomic E-state index is 13.6. The lowest BCUT2D eigenvalue weighted by Crippen LogP contribution is -2.35. The van der Waals surface area contributed by atoms with Crippen LogP contribution in [0.25, 0.3) is 5.57 Å². The molecule has 0 atom stereocenters. The van der Waals surface area contributed by atoms with Crippen LogP contribution < -0.4 is 4.90 Å². The normalized spacial score (nSPS) is 14.1. The zero-order valence-electron chi connectivity index (χ0n) is 18.0. The summed E-state index contributed by atoms with van der Waals surface area (Å²) in [6, 6.07) is 21.6. The van der Waals surface area contributed by atoms with Gasteiger partial charge in [-0.25, -0.2) is 4.90 Å². The average molecular weight is 431 g/mol. The second-order valence-corrected chi connectivity index (χ2v) is 8.84. The fourth-order valence-corrected chi connectivity index (χ4v) is 4.61. The molecule has 1 aliphatic rings. The molecule has 1 aliphatic heterocycles. The molecule has 31 heavy (non-hydrogen) atoms. The molecule has 0 unspecified atom stereocenters. The van der Waals surface area contributed by atoms with Gasteiger partial charge in [-0.2, -0.15) is 0 Å². The summed E-state index contributed by atoms with van der Waals surface area (Å²) in [5.41, 5.74) is 3.85. The molecule has 158 valence electrons. The minimum Gasteiger partial charge on any atom is -0.362 e. The molecule has 0 saturated heterocycles. The van der Waals surface area contributed by atoms with Gasteiger partial charge in [-0.1, -0.05) is 62.4 Å². The second-order valence-electron chi connectivity index (χ2n) is 7.89. The van der Waals surface area contributed by atoms with Gasteiger partial charge in [-0.15, -0.1) is 11.3 Å². The number of carbonyl (C=O) groups excluding carboxylic acids is 2. The van der Waals surface area contributed by atoms with Crippen LogP contribution in [0.15, 0.2) is 77.8 Å². The number of likely N-dealkylation sites (N-methyl/N-ethyl adjacent to an activating group) is 1. The Labute approximate surface area is 187 Å². The summed E-state index contributed by atoms with van der Waals surface area (Å²) in [6.07, 6.45) is 0. The molecule has 3 aromatic rings. The number of nitrogens with zero attached hydrogens (tertiary/aromatic N) is 2. The summed E-state index contributed by atoms with van der Waals surface area (Å²) in [5.74, 6) is -0.134. The highest BCUT2D eigenvalue weighted by molar-refractivity contribution is 7.11. The van der Waals surface area contributed by atoms with Crippen molar-refractivity contribution in [1.29, 1.82) is 0 Å². The maximum Gasteiger partial charge on any atom is 0.282 e. The van der Waals surface area contributed by atoms with Crippen molar-refractivity contribution in [3.8, 4) is 0 Å². The number of thiophene rings is 1. The van der Waals surface area contributed by atoms with Gasteiger partial charge in [0.05, 0.1) is 11.3 Å². The highest BCUT2D eigenvalue weighted by Gasteiger charge is 2.42. The SMILES string of the molecule is CCN(Cc1ccccc1)C1=C(c2cccs2)C(=O)N(c2ccc(C(C)C)cc2)C1=O. The van der Waals surface area contributed by atoms with E-state index in [-0.39, 0.29) is 11.8 Å². The first kappa shape index (κ1) is 21.1. The number of imide groups is 1. The predicted octanol–water partition coefficient (Wildman–Crippen LogP) is 5.68. The second kappa shape index (κ2) is 8.90. The molecular weight excluding hydrogens is 404 g/mol. The van der Waals surface area contributed by atoms with Crippen LogP contribution >= 0.6 is 11.3 Å². The van der Waals surface area contributed by atoms with E-state index in [4.69, 9.17) is 0 Å². The van der Waals surface area contributed by atoms with E-state index in [0.29, 0.717) is 36.0 Å². The van der Waals surface area contributed by atoms with Crippen molar-refractivity contribution >= 4 is 34.4 Å². The fraction of sp³-hybridized carbons (Fsp3) is 0.231. The van der Waals surface area contributed by atoms with Gasteiger partial charge in [0.2, 0.25) is 0 Å². The van der Waals surface area contributed by atoms with Gasteiger partial charge in [0.1, 0.15) is 5.70 Å². The number of carbonyl (C=O) groups is 2. The Bertz CT molecular complexity index is 1100.